The van der Waals surface area contributed by atoms with Crippen molar-refractivity contribution in [1.29, 1.82) is 0 Å². The van der Waals surface area contributed by atoms with Crippen LogP contribution >= 0.6 is 0 Å². The van der Waals surface area contributed by atoms with Crippen LogP contribution in [0.3, 0.4) is 0 Å². The third-order valence-electron chi connectivity index (χ3n) is 2.76. The van der Waals surface area contributed by atoms with E-state index in [1.54, 1.807) is 12.1 Å². The highest BCUT2D eigenvalue weighted by Crippen LogP contribution is 2.25. The normalized spacial score (nSPS) is 15.3. The summed E-state index contributed by atoms with van der Waals surface area (Å²) < 4.78 is 62.4. The van der Waals surface area contributed by atoms with E-state index in [4.69, 9.17) is 0 Å². The lowest BCUT2D eigenvalue weighted by molar-refractivity contribution is -0.121. The van der Waals surface area contributed by atoms with E-state index < -0.39 is 22.9 Å². The van der Waals surface area contributed by atoms with Gasteiger partial charge < -0.3 is 5.32 Å². The molecule has 3 N–H and O–H groups in total. The predicted molar refractivity (Wildman–Crippen MR) is 69.9 cm³/mol. The molecule has 0 fully saturated rings. The van der Waals surface area contributed by atoms with Crippen molar-refractivity contribution in [1.82, 2.24) is 4.72 Å². The molecule has 2 rings (SSSR count). The number of hydrogen-bond acceptors (Lipinski definition) is 3. The van der Waals surface area contributed by atoms with Crippen molar-refractivity contribution in [2.45, 2.75) is 19.0 Å². The molecular formula is C11H14F3N3O2S. The SMILES string of the molecule is O=S(=O)(NCC(F)(F)F)Nc1ccc2c(c1)CCCN2. The molecule has 9 heteroatoms. The van der Waals surface area contributed by atoms with Gasteiger partial charge in [0.15, 0.2) is 0 Å². The van der Waals surface area contributed by atoms with Gasteiger partial charge in [-0.3, -0.25) is 4.72 Å². The lowest BCUT2D eigenvalue weighted by Gasteiger charge is -2.19. The number of anilines is 2. The van der Waals surface area contributed by atoms with Crippen molar-refractivity contribution in [3.05, 3.63) is 23.8 Å². The van der Waals surface area contributed by atoms with E-state index in [-0.39, 0.29) is 5.69 Å². The summed E-state index contributed by atoms with van der Waals surface area (Å²) in [5.41, 5.74) is 2.09. The first-order valence-electron chi connectivity index (χ1n) is 5.96. The molecule has 112 valence electrons. The summed E-state index contributed by atoms with van der Waals surface area (Å²) >= 11 is 0. The van der Waals surface area contributed by atoms with Crippen molar-refractivity contribution >= 4 is 21.6 Å². The maximum Gasteiger partial charge on any atom is 0.402 e. The van der Waals surface area contributed by atoms with Crippen LogP contribution in [-0.2, 0) is 16.6 Å². The van der Waals surface area contributed by atoms with E-state index in [1.807, 2.05) is 0 Å². The Labute approximate surface area is 114 Å². The molecule has 0 unspecified atom stereocenters. The molecule has 1 heterocycles. The zero-order chi connectivity index (χ0) is 14.8. The Hall–Kier alpha value is -1.48. The Morgan fingerprint density at radius 1 is 1.30 bits per heavy atom. The number of fused-ring (bicyclic) bond motifs is 1. The fourth-order valence-electron chi connectivity index (χ4n) is 1.91. The van der Waals surface area contributed by atoms with Crippen LogP contribution in [0.2, 0.25) is 0 Å². The second kappa shape index (κ2) is 5.49. The van der Waals surface area contributed by atoms with Gasteiger partial charge in [-0.1, -0.05) is 0 Å². The van der Waals surface area contributed by atoms with Crippen LogP contribution in [0.5, 0.6) is 0 Å². The van der Waals surface area contributed by atoms with Gasteiger partial charge in [0.2, 0.25) is 0 Å². The fourth-order valence-corrected chi connectivity index (χ4v) is 2.77. The first kappa shape index (κ1) is 14.9. The second-order valence-corrected chi connectivity index (χ2v) is 5.94. The average Bonchev–Trinajstić information content (AvgIpc) is 2.35. The topological polar surface area (TPSA) is 70.2 Å². The van der Waals surface area contributed by atoms with Crippen LogP contribution in [0.1, 0.15) is 12.0 Å². The van der Waals surface area contributed by atoms with Gasteiger partial charge in [-0.15, -0.1) is 0 Å². The first-order chi connectivity index (χ1) is 9.25. The number of halogens is 3. The van der Waals surface area contributed by atoms with E-state index in [2.05, 4.69) is 10.0 Å². The molecule has 1 aliphatic rings. The summed E-state index contributed by atoms with van der Waals surface area (Å²) in [5, 5.41) is 3.16. The van der Waals surface area contributed by atoms with E-state index >= 15 is 0 Å². The number of alkyl halides is 3. The molecule has 5 nitrogen and oxygen atoms in total. The monoisotopic (exact) mass is 309 g/mol. The zero-order valence-corrected chi connectivity index (χ0v) is 11.2. The Bertz CT molecular complexity index is 587. The quantitative estimate of drug-likeness (QED) is 0.795. The van der Waals surface area contributed by atoms with Gasteiger partial charge in [0.05, 0.1) is 5.69 Å². The van der Waals surface area contributed by atoms with E-state index in [9.17, 15) is 21.6 Å². The van der Waals surface area contributed by atoms with Gasteiger partial charge in [0.1, 0.15) is 6.54 Å². The molecule has 0 aromatic heterocycles. The fraction of sp³-hybridized carbons (Fsp3) is 0.455. The smallest absolute Gasteiger partial charge is 0.385 e. The second-order valence-electron chi connectivity index (χ2n) is 4.44. The Kier molecular flexibility index (Phi) is 4.09. The summed E-state index contributed by atoms with van der Waals surface area (Å²) in [6.45, 7) is -0.750. The minimum Gasteiger partial charge on any atom is -0.385 e. The van der Waals surface area contributed by atoms with Crippen LogP contribution in [-0.4, -0.2) is 27.7 Å². The Morgan fingerprint density at radius 2 is 2.05 bits per heavy atom. The number of hydrogen-bond donors (Lipinski definition) is 3. The molecule has 1 aliphatic heterocycles. The standard InChI is InChI=1S/C11H14F3N3O2S/c12-11(13,14)7-16-20(18,19)17-9-3-4-10-8(6-9)2-1-5-15-10/h3-4,6,15-17H,1-2,5,7H2. The van der Waals surface area contributed by atoms with Crippen LogP contribution in [0.15, 0.2) is 18.2 Å². The highest BCUT2D eigenvalue weighted by Gasteiger charge is 2.29. The maximum absolute atomic E-state index is 12.0. The lowest BCUT2D eigenvalue weighted by Crippen LogP contribution is -2.37. The molecule has 0 saturated heterocycles. The zero-order valence-electron chi connectivity index (χ0n) is 10.4. The molecule has 0 bridgehead atoms. The molecule has 1 aromatic rings. The number of benzene rings is 1. The minimum absolute atomic E-state index is 0.238. The Morgan fingerprint density at radius 3 is 2.75 bits per heavy atom. The highest BCUT2D eigenvalue weighted by molar-refractivity contribution is 7.90. The van der Waals surface area contributed by atoms with Crippen LogP contribution in [0.25, 0.3) is 0 Å². The summed E-state index contributed by atoms with van der Waals surface area (Å²) in [7, 11) is -4.23. The number of rotatable bonds is 4. The van der Waals surface area contributed by atoms with Crippen LogP contribution < -0.4 is 14.8 Å². The molecular weight excluding hydrogens is 295 g/mol. The minimum atomic E-state index is -4.59. The first-order valence-corrected chi connectivity index (χ1v) is 7.44. The maximum atomic E-state index is 12.0. The molecule has 0 spiro atoms. The molecule has 0 radical (unpaired) electrons. The van der Waals surface area contributed by atoms with Crippen molar-refractivity contribution < 1.29 is 21.6 Å². The predicted octanol–water partition coefficient (Wildman–Crippen LogP) is 1.85. The molecule has 0 saturated carbocycles. The summed E-state index contributed by atoms with van der Waals surface area (Å²) in [6.07, 6.45) is -2.86. The Balaban J connectivity index is 2.05. The molecule has 20 heavy (non-hydrogen) atoms. The number of nitrogens with one attached hydrogen (secondary N) is 3. The summed E-state index contributed by atoms with van der Waals surface area (Å²) in [5.74, 6) is 0. The lowest BCUT2D eigenvalue weighted by atomic mass is 10.0. The molecule has 0 amide bonds. The van der Waals surface area contributed by atoms with Gasteiger partial charge in [-0.25, -0.2) is 0 Å². The summed E-state index contributed by atoms with van der Waals surface area (Å²) in [6, 6.07) is 4.83. The summed E-state index contributed by atoms with van der Waals surface area (Å²) in [4.78, 5) is 0. The van der Waals surface area contributed by atoms with E-state index in [0.717, 1.165) is 30.6 Å². The van der Waals surface area contributed by atoms with Gasteiger partial charge in [0.25, 0.3) is 10.2 Å². The van der Waals surface area contributed by atoms with Gasteiger partial charge in [-0.05, 0) is 36.6 Å². The van der Waals surface area contributed by atoms with E-state index in [0.29, 0.717) is 0 Å². The highest BCUT2D eigenvalue weighted by atomic mass is 32.2. The van der Waals surface area contributed by atoms with Gasteiger partial charge >= 0.3 is 6.18 Å². The van der Waals surface area contributed by atoms with Crippen molar-refractivity contribution in [2.75, 3.05) is 23.1 Å². The van der Waals surface area contributed by atoms with Gasteiger partial charge in [-0.2, -0.15) is 26.3 Å². The van der Waals surface area contributed by atoms with Gasteiger partial charge in [0, 0.05) is 12.2 Å². The molecule has 0 atom stereocenters. The van der Waals surface area contributed by atoms with Crippen molar-refractivity contribution in [3.63, 3.8) is 0 Å². The molecule has 0 aliphatic carbocycles. The molecule has 1 aromatic carbocycles. The van der Waals surface area contributed by atoms with E-state index in [1.165, 1.54) is 10.8 Å². The third kappa shape index (κ3) is 4.27. The van der Waals surface area contributed by atoms with Crippen molar-refractivity contribution in [2.24, 2.45) is 0 Å². The average molecular weight is 309 g/mol. The van der Waals surface area contributed by atoms with Crippen molar-refractivity contribution in [3.8, 4) is 0 Å². The van der Waals surface area contributed by atoms with Crippen LogP contribution in [0, 0.1) is 0 Å². The largest absolute Gasteiger partial charge is 0.402 e. The van der Waals surface area contributed by atoms with Crippen LogP contribution in [0.4, 0.5) is 24.5 Å². The third-order valence-corrected chi connectivity index (χ3v) is 3.79. The number of aryl methyl sites for hydroxylation is 1.